The third kappa shape index (κ3) is 3.74. The van der Waals surface area contributed by atoms with E-state index in [9.17, 15) is 13.2 Å². The minimum atomic E-state index is -4.03. The van der Waals surface area contributed by atoms with Crippen molar-refractivity contribution >= 4 is 50.0 Å². The second-order valence-corrected chi connectivity index (χ2v) is 7.76. The van der Waals surface area contributed by atoms with Crippen molar-refractivity contribution < 1.29 is 18.3 Å². The smallest absolute Gasteiger partial charge is 0.322 e. The molecule has 0 spiro atoms. The van der Waals surface area contributed by atoms with Gasteiger partial charge in [-0.05, 0) is 18.1 Å². The Hall–Kier alpha value is -1.41. The summed E-state index contributed by atoms with van der Waals surface area (Å²) in [5.41, 5.74) is 0. The fraction of sp³-hybridized carbons (Fsp3) is 0.286. The highest BCUT2D eigenvalue weighted by molar-refractivity contribution is 7.89. The van der Waals surface area contributed by atoms with E-state index < -0.39 is 28.0 Å². The monoisotopic (exact) mass is 376 g/mol. The summed E-state index contributed by atoms with van der Waals surface area (Å²) in [6, 6.07) is 2.93. The topological polar surface area (TPSA) is 96.4 Å². The molecule has 0 fully saturated rings. The van der Waals surface area contributed by atoms with E-state index >= 15 is 0 Å². The lowest BCUT2D eigenvalue weighted by atomic mass is 10.1. The number of pyridine rings is 1. The van der Waals surface area contributed by atoms with E-state index in [1.54, 1.807) is 13.8 Å². The first-order valence-corrected chi connectivity index (χ1v) is 8.86. The van der Waals surface area contributed by atoms with Crippen molar-refractivity contribution in [3.05, 3.63) is 34.6 Å². The van der Waals surface area contributed by atoms with Crippen LogP contribution in [0.3, 0.4) is 0 Å². The lowest BCUT2D eigenvalue weighted by molar-refractivity contribution is -0.140. The lowest BCUT2D eigenvalue weighted by Gasteiger charge is -2.18. The first kappa shape index (κ1) is 17.9. The molecule has 1 aromatic carbocycles. The fourth-order valence-corrected chi connectivity index (χ4v) is 3.81. The predicted octanol–water partition coefficient (Wildman–Crippen LogP) is 2.93. The Labute approximate surface area is 143 Å². The van der Waals surface area contributed by atoms with Crippen LogP contribution in [0.1, 0.15) is 13.8 Å². The van der Waals surface area contributed by atoms with Crippen molar-refractivity contribution in [3.8, 4) is 0 Å². The number of benzene rings is 1. The third-order valence-corrected chi connectivity index (χ3v) is 5.33. The summed E-state index contributed by atoms with van der Waals surface area (Å²) in [4.78, 5) is 14.9. The van der Waals surface area contributed by atoms with Gasteiger partial charge in [-0.15, -0.1) is 0 Å². The highest BCUT2D eigenvalue weighted by Crippen LogP contribution is 2.29. The Kier molecular flexibility index (Phi) is 5.15. The first-order valence-electron chi connectivity index (χ1n) is 6.62. The second-order valence-electron chi connectivity index (χ2n) is 5.29. The summed E-state index contributed by atoms with van der Waals surface area (Å²) in [7, 11) is -4.03. The van der Waals surface area contributed by atoms with E-state index in [0.717, 1.165) is 0 Å². The van der Waals surface area contributed by atoms with Crippen LogP contribution in [-0.4, -0.2) is 30.5 Å². The number of hydrogen-bond donors (Lipinski definition) is 2. The van der Waals surface area contributed by atoms with Crippen LogP contribution in [0, 0.1) is 5.92 Å². The van der Waals surface area contributed by atoms with E-state index in [2.05, 4.69) is 9.71 Å². The van der Waals surface area contributed by atoms with Gasteiger partial charge in [-0.25, -0.2) is 13.4 Å². The van der Waals surface area contributed by atoms with Gasteiger partial charge in [0.05, 0.1) is 9.92 Å². The van der Waals surface area contributed by atoms with Crippen molar-refractivity contribution in [2.24, 2.45) is 5.92 Å². The number of nitrogens with zero attached hydrogens (tertiary/aromatic N) is 1. The van der Waals surface area contributed by atoms with Crippen molar-refractivity contribution in [2.75, 3.05) is 0 Å². The van der Waals surface area contributed by atoms with Crippen LogP contribution < -0.4 is 4.72 Å². The Morgan fingerprint density at radius 3 is 2.48 bits per heavy atom. The lowest BCUT2D eigenvalue weighted by Crippen LogP contribution is -2.44. The molecule has 9 heteroatoms. The molecule has 1 atom stereocenters. The van der Waals surface area contributed by atoms with Crippen LogP contribution in [0.25, 0.3) is 10.8 Å². The zero-order valence-electron chi connectivity index (χ0n) is 12.2. The maximum Gasteiger partial charge on any atom is 0.322 e. The minimum absolute atomic E-state index is 0.108. The fourth-order valence-electron chi connectivity index (χ4n) is 2.03. The second kappa shape index (κ2) is 6.60. The number of aromatic nitrogens is 1. The summed E-state index contributed by atoms with van der Waals surface area (Å²) in [6.45, 7) is 3.23. The summed E-state index contributed by atoms with van der Waals surface area (Å²) in [6.07, 6.45) is 1.37. The van der Waals surface area contributed by atoms with Crippen molar-refractivity contribution in [2.45, 2.75) is 24.8 Å². The maximum atomic E-state index is 12.4. The van der Waals surface area contributed by atoms with Gasteiger partial charge < -0.3 is 5.11 Å². The molecule has 1 aromatic heterocycles. The number of aliphatic carboxylic acids is 1. The minimum Gasteiger partial charge on any atom is -0.480 e. The molecule has 0 saturated carbocycles. The average molecular weight is 377 g/mol. The van der Waals surface area contributed by atoms with E-state index in [0.29, 0.717) is 15.8 Å². The molecule has 0 amide bonds. The Morgan fingerprint density at radius 1 is 1.26 bits per heavy atom. The summed E-state index contributed by atoms with van der Waals surface area (Å²) >= 11 is 12.0. The largest absolute Gasteiger partial charge is 0.480 e. The zero-order chi connectivity index (χ0) is 17.4. The number of nitrogens with one attached hydrogen (secondary N) is 1. The number of halogens is 2. The van der Waals surface area contributed by atoms with Gasteiger partial charge in [0.1, 0.15) is 11.2 Å². The van der Waals surface area contributed by atoms with Gasteiger partial charge in [0, 0.05) is 17.0 Å². The molecular formula is C14H14Cl2N2O4S. The van der Waals surface area contributed by atoms with Gasteiger partial charge >= 0.3 is 5.97 Å². The first-order chi connectivity index (χ1) is 10.6. The van der Waals surface area contributed by atoms with Crippen LogP contribution in [-0.2, 0) is 14.8 Å². The molecule has 2 aromatic rings. The molecule has 6 nitrogen and oxygen atoms in total. The Bertz CT molecular complexity index is 868. The highest BCUT2D eigenvalue weighted by Gasteiger charge is 2.28. The van der Waals surface area contributed by atoms with E-state index in [1.165, 1.54) is 24.4 Å². The molecule has 0 aliphatic carbocycles. The Balaban J connectivity index is 2.50. The summed E-state index contributed by atoms with van der Waals surface area (Å²) < 4.78 is 27.0. The van der Waals surface area contributed by atoms with Gasteiger partial charge in [-0.3, -0.25) is 4.79 Å². The van der Waals surface area contributed by atoms with Gasteiger partial charge in [-0.2, -0.15) is 4.72 Å². The number of carbonyl (C=O) groups is 1. The standard InChI is InChI=1S/C14H14Cl2N2O4S/c1-7(2)12(14(19)20)18-23(21,22)8-3-4-9-10(5-8)13(16)17-6-11(9)15/h3-7,12,18H,1-2H3,(H,19,20)/t12-/m1/s1. The Morgan fingerprint density at radius 2 is 1.91 bits per heavy atom. The molecular weight excluding hydrogens is 363 g/mol. The highest BCUT2D eigenvalue weighted by atomic mass is 35.5. The van der Waals surface area contributed by atoms with Crippen LogP contribution in [0.2, 0.25) is 10.2 Å². The molecule has 1 heterocycles. The number of hydrogen-bond acceptors (Lipinski definition) is 4. The van der Waals surface area contributed by atoms with Gasteiger partial charge in [-0.1, -0.05) is 43.1 Å². The molecule has 0 saturated heterocycles. The summed E-state index contributed by atoms with van der Waals surface area (Å²) in [5, 5.41) is 10.5. The number of fused-ring (bicyclic) bond motifs is 1. The van der Waals surface area contributed by atoms with E-state index in [1.807, 2.05) is 0 Å². The number of sulfonamides is 1. The van der Waals surface area contributed by atoms with Crippen molar-refractivity contribution in [3.63, 3.8) is 0 Å². The van der Waals surface area contributed by atoms with Crippen LogP contribution >= 0.6 is 23.2 Å². The zero-order valence-corrected chi connectivity index (χ0v) is 14.6. The molecule has 2 rings (SSSR count). The molecule has 0 aliphatic rings. The van der Waals surface area contributed by atoms with Gasteiger partial charge in [0.25, 0.3) is 0 Å². The predicted molar refractivity (Wildman–Crippen MR) is 88.3 cm³/mol. The SMILES string of the molecule is CC(C)[C@@H](NS(=O)(=O)c1ccc2c(Cl)cnc(Cl)c2c1)C(=O)O. The van der Waals surface area contributed by atoms with Crippen molar-refractivity contribution in [1.82, 2.24) is 9.71 Å². The number of rotatable bonds is 5. The normalized spacial score (nSPS) is 13.4. The summed E-state index contributed by atoms with van der Waals surface area (Å²) in [5.74, 6) is -1.66. The third-order valence-electron chi connectivity index (χ3n) is 3.29. The van der Waals surface area contributed by atoms with Gasteiger partial charge in [0.15, 0.2) is 0 Å². The van der Waals surface area contributed by atoms with E-state index in [-0.39, 0.29) is 10.0 Å². The number of carboxylic acids is 1. The van der Waals surface area contributed by atoms with Crippen LogP contribution in [0.15, 0.2) is 29.3 Å². The molecule has 2 N–H and O–H groups in total. The maximum absolute atomic E-state index is 12.4. The molecule has 0 radical (unpaired) electrons. The van der Waals surface area contributed by atoms with Crippen LogP contribution in [0.5, 0.6) is 0 Å². The number of carboxylic acid groups (broad SMARTS) is 1. The molecule has 124 valence electrons. The molecule has 0 aliphatic heterocycles. The average Bonchev–Trinajstić information content (AvgIpc) is 2.48. The molecule has 0 unspecified atom stereocenters. The molecule has 0 bridgehead atoms. The van der Waals surface area contributed by atoms with Gasteiger partial charge in [0.2, 0.25) is 10.0 Å². The van der Waals surface area contributed by atoms with E-state index in [4.69, 9.17) is 28.3 Å². The quantitative estimate of drug-likeness (QED) is 0.781. The van der Waals surface area contributed by atoms with Crippen LogP contribution in [0.4, 0.5) is 0 Å². The van der Waals surface area contributed by atoms with Crippen molar-refractivity contribution in [1.29, 1.82) is 0 Å². The molecule has 23 heavy (non-hydrogen) atoms.